The van der Waals surface area contributed by atoms with E-state index < -0.39 is 0 Å². The summed E-state index contributed by atoms with van der Waals surface area (Å²) in [6.45, 7) is 4.81. The van der Waals surface area contributed by atoms with Gasteiger partial charge in [-0.3, -0.25) is 4.79 Å². The van der Waals surface area contributed by atoms with Crippen LogP contribution in [0.2, 0.25) is 0 Å². The first kappa shape index (κ1) is 15.7. The number of pyridine rings is 1. The number of aryl methyl sites for hydroxylation is 1. The standard InChI is InChI=1S/C20H22N4O/c1-14-13-16(15(2)24(14)19-9-3-4-10-22-19)20(25)23-12-6-8-18(23)17-7-5-11-21-17/h3-5,7,9-11,13,18,21H,6,8,12H2,1-2H3/t18-/m1/s1. The Morgan fingerprint density at radius 2 is 2.12 bits per heavy atom. The third-order valence-electron chi connectivity index (χ3n) is 5.03. The minimum Gasteiger partial charge on any atom is -0.363 e. The SMILES string of the molecule is Cc1cc(C(=O)N2CCC[C@@H]2c2ccc[nH]2)c(C)n1-c1ccccn1. The Morgan fingerprint density at radius 3 is 2.84 bits per heavy atom. The largest absolute Gasteiger partial charge is 0.363 e. The van der Waals surface area contributed by atoms with Gasteiger partial charge in [-0.1, -0.05) is 6.07 Å². The molecule has 1 fully saturated rings. The van der Waals surface area contributed by atoms with Crippen molar-refractivity contribution in [2.45, 2.75) is 32.7 Å². The van der Waals surface area contributed by atoms with E-state index in [9.17, 15) is 4.79 Å². The lowest BCUT2D eigenvalue weighted by Gasteiger charge is -2.24. The number of nitrogens with one attached hydrogen (secondary N) is 1. The molecule has 0 spiro atoms. The van der Waals surface area contributed by atoms with Gasteiger partial charge in [0.05, 0.1) is 11.6 Å². The molecule has 1 aliphatic rings. The normalized spacial score (nSPS) is 17.2. The number of carbonyl (C=O) groups excluding carboxylic acids is 1. The maximum Gasteiger partial charge on any atom is 0.256 e. The molecule has 0 aromatic carbocycles. The third-order valence-corrected chi connectivity index (χ3v) is 5.03. The molecule has 4 heterocycles. The highest BCUT2D eigenvalue weighted by molar-refractivity contribution is 5.96. The number of amides is 1. The molecule has 3 aromatic heterocycles. The maximum absolute atomic E-state index is 13.2. The molecule has 3 aromatic rings. The van der Waals surface area contributed by atoms with Crippen LogP contribution < -0.4 is 0 Å². The molecule has 0 saturated carbocycles. The molecule has 0 bridgehead atoms. The van der Waals surface area contributed by atoms with Crippen molar-refractivity contribution in [1.82, 2.24) is 19.4 Å². The van der Waals surface area contributed by atoms with Crippen molar-refractivity contribution in [2.75, 3.05) is 6.54 Å². The number of aromatic amines is 1. The van der Waals surface area contributed by atoms with E-state index in [0.717, 1.165) is 47.8 Å². The Bertz CT molecular complexity index is 880. The Labute approximate surface area is 147 Å². The van der Waals surface area contributed by atoms with Gasteiger partial charge in [0.15, 0.2) is 0 Å². The first-order valence-corrected chi connectivity index (χ1v) is 8.71. The van der Waals surface area contributed by atoms with Gasteiger partial charge in [0.1, 0.15) is 5.82 Å². The maximum atomic E-state index is 13.2. The number of hydrogen-bond donors (Lipinski definition) is 1. The lowest BCUT2D eigenvalue weighted by Crippen LogP contribution is -2.31. The molecule has 0 unspecified atom stereocenters. The zero-order valence-corrected chi connectivity index (χ0v) is 14.6. The highest BCUT2D eigenvalue weighted by Gasteiger charge is 2.32. The number of carbonyl (C=O) groups is 1. The van der Waals surface area contributed by atoms with E-state index in [1.54, 1.807) is 6.20 Å². The van der Waals surface area contributed by atoms with Crippen molar-refractivity contribution in [1.29, 1.82) is 0 Å². The number of nitrogens with zero attached hydrogens (tertiary/aromatic N) is 3. The highest BCUT2D eigenvalue weighted by atomic mass is 16.2. The first-order valence-electron chi connectivity index (χ1n) is 8.71. The number of likely N-dealkylation sites (tertiary alicyclic amines) is 1. The summed E-state index contributed by atoms with van der Waals surface area (Å²) in [7, 11) is 0. The zero-order chi connectivity index (χ0) is 17.4. The summed E-state index contributed by atoms with van der Waals surface area (Å²) in [6.07, 6.45) is 5.74. The summed E-state index contributed by atoms with van der Waals surface area (Å²) < 4.78 is 2.05. The van der Waals surface area contributed by atoms with E-state index in [4.69, 9.17) is 0 Å². The van der Waals surface area contributed by atoms with Crippen LogP contribution in [0.4, 0.5) is 0 Å². The highest BCUT2D eigenvalue weighted by Crippen LogP contribution is 2.33. The fourth-order valence-electron chi connectivity index (χ4n) is 3.86. The van der Waals surface area contributed by atoms with E-state index in [0.29, 0.717) is 0 Å². The van der Waals surface area contributed by atoms with Gasteiger partial charge < -0.3 is 14.5 Å². The first-order chi connectivity index (χ1) is 12.2. The molecule has 4 rings (SSSR count). The molecule has 1 amide bonds. The van der Waals surface area contributed by atoms with Gasteiger partial charge in [0.25, 0.3) is 5.91 Å². The lowest BCUT2D eigenvalue weighted by atomic mass is 10.1. The summed E-state index contributed by atoms with van der Waals surface area (Å²) in [5.74, 6) is 0.950. The minimum absolute atomic E-state index is 0.104. The summed E-state index contributed by atoms with van der Waals surface area (Å²) in [4.78, 5) is 22.9. The Hall–Kier alpha value is -2.82. The van der Waals surface area contributed by atoms with Gasteiger partial charge in [-0.25, -0.2) is 4.98 Å². The molecule has 25 heavy (non-hydrogen) atoms. The van der Waals surface area contributed by atoms with Gasteiger partial charge in [-0.2, -0.15) is 0 Å². The Balaban J connectivity index is 1.69. The fraction of sp³-hybridized carbons (Fsp3) is 0.300. The minimum atomic E-state index is 0.104. The number of rotatable bonds is 3. The quantitative estimate of drug-likeness (QED) is 0.792. The molecule has 1 N–H and O–H groups in total. The van der Waals surface area contributed by atoms with Crippen LogP contribution >= 0.6 is 0 Å². The average molecular weight is 334 g/mol. The van der Waals surface area contributed by atoms with Gasteiger partial charge >= 0.3 is 0 Å². The van der Waals surface area contributed by atoms with Crippen LogP contribution in [0.3, 0.4) is 0 Å². The summed E-state index contributed by atoms with van der Waals surface area (Å²) >= 11 is 0. The smallest absolute Gasteiger partial charge is 0.256 e. The molecule has 1 aliphatic heterocycles. The van der Waals surface area contributed by atoms with E-state index in [2.05, 4.69) is 16.0 Å². The monoisotopic (exact) mass is 334 g/mol. The van der Waals surface area contributed by atoms with E-state index >= 15 is 0 Å². The van der Waals surface area contributed by atoms with E-state index in [1.807, 2.05) is 59.8 Å². The molecule has 1 atom stereocenters. The van der Waals surface area contributed by atoms with Crippen LogP contribution in [0, 0.1) is 13.8 Å². The predicted molar refractivity (Wildman–Crippen MR) is 96.8 cm³/mol. The number of H-pyrrole nitrogens is 1. The summed E-state index contributed by atoms with van der Waals surface area (Å²) in [6, 6.07) is 12.0. The second-order valence-electron chi connectivity index (χ2n) is 6.59. The summed E-state index contributed by atoms with van der Waals surface area (Å²) in [5.41, 5.74) is 3.85. The Morgan fingerprint density at radius 1 is 1.24 bits per heavy atom. The van der Waals surface area contributed by atoms with Crippen LogP contribution in [0.15, 0.2) is 48.8 Å². The Kier molecular flexibility index (Phi) is 3.92. The van der Waals surface area contributed by atoms with E-state index in [1.165, 1.54) is 0 Å². The molecule has 5 nitrogen and oxygen atoms in total. The van der Waals surface area contributed by atoms with Gasteiger partial charge in [-0.05, 0) is 57.0 Å². The fourth-order valence-corrected chi connectivity index (χ4v) is 3.86. The van der Waals surface area contributed by atoms with Crippen LogP contribution in [0.25, 0.3) is 5.82 Å². The molecule has 1 saturated heterocycles. The van der Waals surface area contributed by atoms with Crippen LogP contribution in [0.1, 0.15) is 46.3 Å². The predicted octanol–water partition coefficient (Wildman–Crippen LogP) is 3.79. The molecular weight excluding hydrogens is 312 g/mol. The van der Waals surface area contributed by atoms with Crippen molar-refractivity contribution < 1.29 is 4.79 Å². The van der Waals surface area contributed by atoms with Crippen molar-refractivity contribution in [2.24, 2.45) is 0 Å². The van der Waals surface area contributed by atoms with E-state index in [-0.39, 0.29) is 11.9 Å². The molecular formula is C20H22N4O. The number of hydrogen-bond acceptors (Lipinski definition) is 2. The van der Waals surface area contributed by atoms with Crippen LogP contribution in [-0.4, -0.2) is 31.9 Å². The van der Waals surface area contributed by atoms with Gasteiger partial charge in [-0.15, -0.1) is 0 Å². The van der Waals surface area contributed by atoms with Gasteiger partial charge in [0, 0.05) is 36.0 Å². The van der Waals surface area contributed by atoms with Crippen molar-refractivity contribution in [3.8, 4) is 5.82 Å². The zero-order valence-electron chi connectivity index (χ0n) is 14.6. The van der Waals surface area contributed by atoms with Crippen molar-refractivity contribution in [3.63, 3.8) is 0 Å². The van der Waals surface area contributed by atoms with Crippen molar-refractivity contribution >= 4 is 5.91 Å². The second-order valence-corrected chi connectivity index (χ2v) is 6.59. The molecule has 0 radical (unpaired) electrons. The average Bonchev–Trinajstić information content (AvgIpc) is 3.34. The third kappa shape index (κ3) is 2.65. The van der Waals surface area contributed by atoms with Crippen molar-refractivity contribution in [3.05, 3.63) is 71.4 Å². The topological polar surface area (TPSA) is 53.9 Å². The molecule has 128 valence electrons. The lowest BCUT2D eigenvalue weighted by molar-refractivity contribution is 0.0732. The van der Waals surface area contributed by atoms with Crippen LogP contribution in [-0.2, 0) is 0 Å². The van der Waals surface area contributed by atoms with Gasteiger partial charge in [0.2, 0.25) is 0 Å². The number of aromatic nitrogens is 3. The van der Waals surface area contributed by atoms with Crippen LogP contribution in [0.5, 0.6) is 0 Å². The summed E-state index contributed by atoms with van der Waals surface area (Å²) in [5, 5.41) is 0. The molecule has 5 heteroatoms. The second kappa shape index (κ2) is 6.24. The molecule has 0 aliphatic carbocycles.